The van der Waals surface area contributed by atoms with Crippen molar-refractivity contribution in [3.63, 3.8) is 0 Å². The fraction of sp³-hybridized carbons (Fsp3) is 0.0345. The molecule has 0 radical (unpaired) electrons. The van der Waals surface area contributed by atoms with E-state index >= 15 is 0 Å². The summed E-state index contributed by atoms with van der Waals surface area (Å²) < 4.78 is 19.5. The van der Waals surface area contributed by atoms with Crippen molar-refractivity contribution in [3.05, 3.63) is 250 Å². The first-order valence-electron chi connectivity index (χ1n) is 19.9. The summed E-state index contributed by atoms with van der Waals surface area (Å²) in [6.45, 7) is 0. The SMILES string of the molecule is C#Cc1cccc(C#CC2(c3ccc(Oc4ccc(C5(C#Cc6cccc(C#C)c6)c6ccccc6Oc6ccccc65)cc4)cc3)c3ccccc3Oc3ccccc32)c1. The van der Waals surface area contributed by atoms with E-state index in [4.69, 9.17) is 27.1 Å². The number of rotatable bonds is 4. The van der Waals surface area contributed by atoms with Gasteiger partial charge in [-0.2, -0.15) is 0 Å². The molecule has 3 nitrogen and oxygen atoms in total. The van der Waals surface area contributed by atoms with Gasteiger partial charge in [0.2, 0.25) is 0 Å². The van der Waals surface area contributed by atoms with Gasteiger partial charge in [0.05, 0.1) is 0 Å². The molecule has 0 spiro atoms. The Kier molecular flexibility index (Phi) is 9.21. The van der Waals surface area contributed by atoms with Crippen LogP contribution in [0.15, 0.2) is 194 Å². The van der Waals surface area contributed by atoms with Crippen molar-refractivity contribution in [1.82, 2.24) is 0 Å². The zero-order valence-electron chi connectivity index (χ0n) is 32.9. The minimum absolute atomic E-state index is 0.680. The van der Waals surface area contributed by atoms with Crippen molar-refractivity contribution in [2.24, 2.45) is 0 Å². The van der Waals surface area contributed by atoms with E-state index in [0.29, 0.717) is 11.5 Å². The average Bonchev–Trinajstić information content (AvgIpc) is 3.32. The minimum Gasteiger partial charge on any atom is -0.457 e. The van der Waals surface area contributed by atoms with E-state index in [9.17, 15) is 0 Å². The Morgan fingerprint density at radius 1 is 0.361 bits per heavy atom. The van der Waals surface area contributed by atoms with Crippen LogP contribution in [0.25, 0.3) is 0 Å². The number of fused-ring (bicyclic) bond motifs is 4. The Bertz CT molecular complexity index is 2900. The fourth-order valence-corrected chi connectivity index (χ4v) is 8.41. The molecule has 284 valence electrons. The van der Waals surface area contributed by atoms with Crippen molar-refractivity contribution < 1.29 is 14.2 Å². The minimum atomic E-state index is -0.856. The van der Waals surface area contributed by atoms with Crippen LogP contribution in [-0.2, 0) is 10.8 Å². The van der Waals surface area contributed by atoms with E-state index in [1.807, 2.05) is 146 Å². The van der Waals surface area contributed by atoms with Crippen LogP contribution < -0.4 is 14.2 Å². The maximum Gasteiger partial charge on any atom is 0.132 e. The number of hydrogen-bond donors (Lipinski definition) is 0. The van der Waals surface area contributed by atoms with Gasteiger partial charge in [0.25, 0.3) is 0 Å². The first-order valence-corrected chi connectivity index (χ1v) is 19.9. The van der Waals surface area contributed by atoms with E-state index < -0.39 is 10.8 Å². The lowest BCUT2D eigenvalue weighted by atomic mass is 9.68. The molecule has 10 rings (SSSR count). The third-order valence-electron chi connectivity index (χ3n) is 11.3. The van der Waals surface area contributed by atoms with E-state index in [-0.39, 0.29) is 0 Å². The lowest BCUT2D eigenvalue weighted by molar-refractivity contribution is 0.440. The molecule has 0 aromatic heterocycles. The summed E-state index contributed by atoms with van der Waals surface area (Å²) in [4.78, 5) is 0. The summed E-state index contributed by atoms with van der Waals surface area (Å²) >= 11 is 0. The Balaban J connectivity index is 1.04. The molecule has 3 heteroatoms. The molecule has 8 aromatic carbocycles. The highest BCUT2D eigenvalue weighted by molar-refractivity contribution is 5.71. The second-order valence-electron chi connectivity index (χ2n) is 14.8. The van der Waals surface area contributed by atoms with Crippen molar-refractivity contribution in [3.8, 4) is 82.9 Å². The molecule has 0 atom stereocenters. The maximum atomic E-state index is 6.56. The standard InChI is InChI=1S/C58H34O3/c1-3-41-15-13-17-43(39-41)35-37-57(49-19-5-9-23-53(49)60-54-24-10-6-20-50(54)57)45-27-31-47(32-28-45)59-48-33-29-46(30-34-48)58(38-36-44-18-14-16-42(4-2)40-44)51-21-7-11-25-55(51)61-56-26-12-8-22-52(56)58/h1-2,5-34,39-40H. The summed E-state index contributed by atoms with van der Waals surface area (Å²) in [6, 6.07) is 64.2. The van der Waals surface area contributed by atoms with Gasteiger partial charge in [-0.25, -0.2) is 0 Å². The number of para-hydroxylation sites is 4. The average molecular weight is 779 g/mol. The molecule has 0 bridgehead atoms. The van der Waals surface area contributed by atoms with Gasteiger partial charge < -0.3 is 14.2 Å². The van der Waals surface area contributed by atoms with Crippen LogP contribution in [0.2, 0.25) is 0 Å². The molecule has 0 aliphatic carbocycles. The third-order valence-corrected chi connectivity index (χ3v) is 11.3. The van der Waals surface area contributed by atoms with Gasteiger partial charge in [0.1, 0.15) is 45.3 Å². The van der Waals surface area contributed by atoms with Gasteiger partial charge >= 0.3 is 0 Å². The monoisotopic (exact) mass is 778 g/mol. The zero-order valence-corrected chi connectivity index (χ0v) is 32.9. The van der Waals surface area contributed by atoms with Gasteiger partial charge in [0.15, 0.2) is 0 Å². The highest BCUT2D eigenvalue weighted by Crippen LogP contribution is 2.53. The second-order valence-corrected chi connectivity index (χ2v) is 14.8. The Morgan fingerprint density at radius 2 is 0.689 bits per heavy atom. The molecule has 0 N–H and O–H groups in total. The smallest absolute Gasteiger partial charge is 0.132 e. The highest BCUT2D eigenvalue weighted by Gasteiger charge is 2.44. The predicted octanol–water partition coefficient (Wildman–Crippen LogP) is 12.4. The van der Waals surface area contributed by atoms with E-state index in [1.54, 1.807) is 0 Å². The van der Waals surface area contributed by atoms with Crippen LogP contribution in [0, 0.1) is 48.4 Å². The highest BCUT2D eigenvalue weighted by atomic mass is 16.5. The molecule has 8 aromatic rings. The van der Waals surface area contributed by atoms with Gasteiger partial charge in [0, 0.05) is 44.5 Å². The Hall–Kier alpha value is -8.60. The molecule has 0 saturated heterocycles. The lowest BCUT2D eigenvalue weighted by Crippen LogP contribution is -2.31. The Labute approximate surface area is 356 Å². The molecular formula is C58H34O3. The Morgan fingerprint density at radius 3 is 1.03 bits per heavy atom. The summed E-state index contributed by atoms with van der Waals surface area (Å²) in [5.41, 5.74) is 7.28. The molecule has 2 heterocycles. The summed E-state index contributed by atoms with van der Waals surface area (Å²) in [7, 11) is 0. The van der Waals surface area contributed by atoms with Crippen molar-refractivity contribution in [1.29, 1.82) is 0 Å². The molecule has 2 aliphatic heterocycles. The number of terminal acetylenes is 2. The van der Waals surface area contributed by atoms with Crippen LogP contribution in [0.4, 0.5) is 0 Å². The van der Waals surface area contributed by atoms with E-state index in [0.717, 1.165) is 78.6 Å². The van der Waals surface area contributed by atoms with Crippen LogP contribution in [-0.4, -0.2) is 0 Å². The number of benzene rings is 8. The summed E-state index contributed by atoms with van der Waals surface area (Å²) in [5, 5.41) is 0. The van der Waals surface area contributed by atoms with Gasteiger partial charge in [-0.1, -0.05) is 145 Å². The molecule has 0 fully saturated rings. The van der Waals surface area contributed by atoms with Gasteiger partial charge in [-0.05, 0) is 96.1 Å². The van der Waals surface area contributed by atoms with Crippen LogP contribution in [0.3, 0.4) is 0 Å². The van der Waals surface area contributed by atoms with Crippen molar-refractivity contribution >= 4 is 0 Å². The third kappa shape index (κ3) is 6.45. The van der Waals surface area contributed by atoms with Crippen LogP contribution >= 0.6 is 0 Å². The van der Waals surface area contributed by atoms with Crippen LogP contribution in [0.1, 0.15) is 55.6 Å². The van der Waals surface area contributed by atoms with Crippen molar-refractivity contribution in [2.75, 3.05) is 0 Å². The normalized spacial score (nSPS) is 13.1. The topological polar surface area (TPSA) is 27.7 Å². The summed E-state index contributed by atoms with van der Waals surface area (Å²) in [6.07, 6.45) is 11.5. The van der Waals surface area contributed by atoms with E-state index in [2.05, 4.69) is 84.1 Å². The van der Waals surface area contributed by atoms with Gasteiger partial charge in [-0.15, -0.1) is 12.8 Å². The lowest BCUT2D eigenvalue weighted by Gasteiger charge is -2.37. The molecule has 0 amide bonds. The number of ether oxygens (including phenoxy) is 3. The fourth-order valence-electron chi connectivity index (χ4n) is 8.41. The maximum absolute atomic E-state index is 6.56. The summed E-state index contributed by atoms with van der Waals surface area (Å²) in [5.74, 6) is 24.2. The van der Waals surface area contributed by atoms with E-state index in [1.165, 1.54) is 0 Å². The quantitative estimate of drug-likeness (QED) is 0.167. The van der Waals surface area contributed by atoms with Crippen LogP contribution in [0.5, 0.6) is 34.5 Å². The predicted molar refractivity (Wildman–Crippen MR) is 241 cm³/mol. The molecule has 0 unspecified atom stereocenters. The molecule has 0 saturated carbocycles. The molecular weight excluding hydrogens is 745 g/mol. The molecule has 2 aliphatic rings. The zero-order chi connectivity index (χ0) is 41.2. The largest absolute Gasteiger partial charge is 0.457 e. The second kappa shape index (κ2) is 15.3. The van der Waals surface area contributed by atoms with Crippen molar-refractivity contribution in [2.45, 2.75) is 10.8 Å². The van der Waals surface area contributed by atoms with Gasteiger partial charge in [-0.3, -0.25) is 0 Å². The first-order chi connectivity index (χ1) is 30.1. The number of hydrogen-bond acceptors (Lipinski definition) is 3. The first kappa shape index (κ1) is 36.7. The molecule has 61 heavy (non-hydrogen) atoms.